The minimum Gasteiger partial charge on any atom is -0.497 e. The lowest BCUT2D eigenvalue weighted by Crippen LogP contribution is -2.40. The number of rotatable bonds is 9. The Hall–Kier alpha value is -2.86. The van der Waals surface area contributed by atoms with Gasteiger partial charge in [-0.3, -0.25) is 9.69 Å². The van der Waals surface area contributed by atoms with Crippen LogP contribution in [-0.2, 0) is 17.9 Å². The summed E-state index contributed by atoms with van der Waals surface area (Å²) in [6, 6.07) is 16.6. The second-order valence-corrected chi connectivity index (χ2v) is 8.65. The van der Waals surface area contributed by atoms with Gasteiger partial charge in [0.1, 0.15) is 11.6 Å². The number of carbonyl (C=O) groups excluding carboxylic acids is 1. The van der Waals surface area contributed by atoms with Gasteiger partial charge in [-0.15, -0.1) is 0 Å². The van der Waals surface area contributed by atoms with Crippen LogP contribution in [0, 0.1) is 5.92 Å². The van der Waals surface area contributed by atoms with Gasteiger partial charge < -0.3 is 14.6 Å². The molecule has 6 heteroatoms. The zero-order valence-electron chi connectivity index (χ0n) is 19.2. The number of carbonyl (C=O) groups is 1. The fraction of sp³-hybridized carbons (Fsp3) is 0.462. The number of para-hydroxylation sites is 2. The lowest BCUT2D eigenvalue weighted by molar-refractivity contribution is -0.126. The van der Waals surface area contributed by atoms with E-state index in [2.05, 4.69) is 52.0 Å². The Labute approximate surface area is 190 Å². The topological polar surface area (TPSA) is 59.4 Å². The van der Waals surface area contributed by atoms with Gasteiger partial charge >= 0.3 is 0 Å². The van der Waals surface area contributed by atoms with Crippen LogP contribution in [-0.4, -0.2) is 47.1 Å². The van der Waals surface area contributed by atoms with Gasteiger partial charge in [-0.1, -0.05) is 37.6 Å². The molecule has 1 amide bonds. The molecule has 2 aromatic carbocycles. The van der Waals surface area contributed by atoms with Crippen molar-refractivity contribution in [3.63, 3.8) is 0 Å². The molecule has 1 aliphatic rings. The molecule has 1 aromatic heterocycles. The van der Waals surface area contributed by atoms with Gasteiger partial charge in [0.05, 0.1) is 24.7 Å². The summed E-state index contributed by atoms with van der Waals surface area (Å²) in [6.07, 6.45) is 3.98. The van der Waals surface area contributed by atoms with E-state index in [9.17, 15) is 4.79 Å². The summed E-state index contributed by atoms with van der Waals surface area (Å²) in [5.74, 6) is 2.31. The van der Waals surface area contributed by atoms with Crippen molar-refractivity contribution in [2.75, 3.05) is 26.7 Å². The van der Waals surface area contributed by atoms with Crippen LogP contribution in [0.4, 0.5) is 0 Å². The van der Waals surface area contributed by atoms with Crippen LogP contribution in [0.2, 0.25) is 0 Å². The van der Waals surface area contributed by atoms with Crippen molar-refractivity contribution < 1.29 is 9.53 Å². The molecule has 4 rings (SSSR count). The molecular formula is C26H34N4O2. The van der Waals surface area contributed by atoms with E-state index < -0.39 is 0 Å². The Balaban J connectivity index is 1.44. The molecule has 1 saturated heterocycles. The third-order valence-electron chi connectivity index (χ3n) is 6.39. The molecule has 0 unspecified atom stereocenters. The zero-order valence-corrected chi connectivity index (χ0v) is 19.2. The lowest BCUT2D eigenvalue weighted by atomic mass is 9.96. The smallest absolute Gasteiger partial charge is 0.223 e. The zero-order chi connectivity index (χ0) is 22.3. The van der Waals surface area contributed by atoms with Crippen molar-refractivity contribution in [3.05, 3.63) is 59.9 Å². The van der Waals surface area contributed by atoms with Gasteiger partial charge in [0.2, 0.25) is 5.91 Å². The average Bonchev–Trinajstić information content (AvgIpc) is 3.17. The number of ether oxygens (including phenoxy) is 1. The van der Waals surface area contributed by atoms with E-state index in [1.165, 1.54) is 5.56 Å². The molecule has 0 radical (unpaired) electrons. The second kappa shape index (κ2) is 10.6. The van der Waals surface area contributed by atoms with E-state index >= 15 is 0 Å². The summed E-state index contributed by atoms with van der Waals surface area (Å²) in [7, 11) is 1.69. The van der Waals surface area contributed by atoms with Gasteiger partial charge in [-0.25, -0.2) is 4.98 Å². The summed E-state index contributed by atoms with van der Waals surface area (Å²) in [5, 5.41) is 3.10. The summed E-state index contributed by atoms with van der Waals surface area (Å²) in [4.78, 5) is 19.8. The molecule has 0 atom stereocenters. The minimum absolute atomic E-state index is 0.140. The number of likely N-dealkylation sites (tertiary alicyclic amines) is 1. The molecule has 3 aromatic rings. The molecule has 1 fully saturated rings. The Bertz CT molecular complexity index is 1020. The first-order chi connectivity index (χ1) is 15.7. The number of unbranched alkanes of at least 4 members (excludes halogenated alkanes) is 1. The molecule has 1 aliphatic heterocycles. The molecule has 1 N–H and O–H groups in total. The second-order valence-electron chi connectivity index (χ2n) is 8.65. The Morgan fingerprint density at radius 1 is 1.09 bits per heavy atom. The standard InChI is InChI=1S/C26H34N4O2/c1-3-4-15-27-26(31)21-13-16-29(17-14-21)19-25-28-23-7-5-6-8-24(23)30(25)18-20-9-11-22(32-2)12-10-20/h5-12,21H,3-4,13-19H2,1-2H3,(H,27,31). The molecule has 32 heavy (non-hydrogen) atoms. The fourth-order valence-electron chi connectivity index (χ4n) is 4.42. The highest BCUT2D eigenvalue weighted by molar-refractivity contribution is 5.78. The number of imidazole rings is 1. The molecular weight excluding hydrogens is 400 g/mol. The number of hydrogen-bond donors (Lipinski definition) is 1. The average molecular weight is 435 g/mol. The lowest BCUT2D eigenvalue weighted by Gasteiger charge is -2.31. The Morgan fingerprint density at radius 2 is 1.84 bits per heavy atom. The number of piperidine rings is 1. The van der Waals surface area contributed by atoms with Crippen LogP contribution in [0.15, 0.2) is 48.5 Å². The summed E-state index contributed by atoms with van der Waals surface area (Å²) in [6.45, 7) is 6.37. The van der Waals surface area contributed by atoms with Crippen molar-refractivity contribution in [1.29, 1.82) is 0 Å². The summed E-state index contributed by atoms with van der Waals surface area (Å²) in [5.41, 5.74) is 3.40. The first-order valence-electron chi connectivity index (χ1n) is 11.7. The highest BCUT2D eigenvalue weighted by Crippen LogP contribution is 2.23. The molecule has 0 saturated carbocycles. The number of fused-ring (bicyclic) bond motifs is 1. The normalized spacial score (nSPS) is 15.2. The van der Waals surface area contributed by atoms with Crippen molar-refractivity contribution in [3.8, 4) is 5.75 Å². The van der Waals surface area contributed by atoms with Gasteiger partial charge in [0.15, 0.2) is 0 Å². The summed E-state index contributed by atoms with van der Waals surface area (Å²) >= 11 is 0. The molecule has 6 nitrogen and oxygen atoms in total. The quantitative estimate of drug-likeness (QED) is 0.512. The summed E-state index contributed by atoms with van der Waals surface area (Å²) < 4.78 is 7.62. The molecule has 0 bridgehead atoms. The van der Waals surface area contributed by atoms with Crippen LogP contribution in [0.5, 0.6) is 5.75 Å². The third kappa shape index (κ3) is 5.30. The molecule has 2 heterocycles. The first-order valence-corrected chi connectivity index (χ1v) is 11.7. The first kappa shape index (κ1) is 22.3. The number of nitrogens with zero attached hydrogens (tertiary/aromatic N) is 3. The van der Waals surface area contributed by atoms with E-state index in [-0.39, 0.29) is 11.8 Å². The van der Waals surface area contributed by atoms with E-state index in [0.29, 0.717) is 0 Å². The van der Waals surface area contributed by atoms with Gasteiger partial charge in [-0.2, -0.15) is 0 Å². The highest BCUT2D eigenvalue weighted by atomic mass is 16.5. The molecule has 170 valence electrons. The van der Waals surface area contributed by atoms with Crippen LogP contribution in [0.1, 0.15) is 44.0 Å². The fourth-order valence-corrected chi connectivity index (χ4v) is 4.42. The van der Waals surface area contributed by atoms with Crippen molar-refractivity contribution in [1.82, 2.24) is 19.8 Å². The monoisotopic (exact) mass is 434 g/mol. The van der Waals surface area contributed by atoms with E-state index in [4.69, 9.17) is 9.72 Å². The van der Waals surface area contributed by atoms with Crippen LogP contribution < -0.4 is 10.1 Å². The predicted molar refractivity (Wildman–Crippen MR) is 128 cm³/mol. The number of hydrogen-bond acceptors (Lipinski definition) is 4. The van der Waals surface area contributed by atoms with Gasteiger partial charge in [-0.05, 0) is 62.2 Å². The number of nitrogens with one attached hydrogen (secondary N) is 1. The highest BCUT2D eigenvalue weighted by Gasteiger charge is 2.25. The third-order valence-corrected chi connectivity index (χ3v) is 6.39. The maximum absolute atomic E-state index is 12.4. The maximum Gasteiger partial charge on any atom is 0.223 e. The minimum atomic E-state index is 0.140. The Morgan fingerprint density at radius 3 is 2.56 bits per heavy atom. The largest absolute Gasteiger partial charge is 0.497 e. The van der Waals surface area contributed by atoms with E-state index in [0.717, 1.165) is 81.0 Å². The predicted octanol–water partition coefficient (Wildman–Crippen LogP) is 4.22. The number of amides is 1. The molecule has 0 aliphatic carbocycles. The Kier molecular flexibility index (Phi) is 7.43. The van der Waals surface area contributed by atoms with Crippen molar-refractivity contribution in [2.45, 2.75) is 45.7 Å². The van der Waals surface area contributed by atoms with Gasteiger partial charge in [0, 0.05) is 19.0 Å². The number of aromatic nitrogens is 2. The van der Waals surface area contributed by atoms with Gasteiger partial charge in [0.25, 0.3) is 0 Å². The number of benzene rings is 2. The van der Waals surface area contributed by atoms with E-state index in [1.807, 2.05) is 18.2 Å². The van der Waals surface area contributed by atoms with Crippen molar-refractivity contribution >= 4 is 16.9 Å². The van der Waals surface area contributed by atoms with Crippen molar-refractivity contribution in [2.24, 2.45) is 5.92 Å². The molecule has 0 spiro atoms. The van der Waals surface area contributed by atoms with Crippen LogP contribution in [0.3, 0.4) is 0 Å². The number of methoxy groups -OCH3 is 1. The van der Waals surface area contributed by atoms with Crippen LogP contribution in [0.25, 0.3) is 11.0 Å². The maximum atomic E-state index is 12.4. The van der Waals surface area contributed by atoms with E-state index in [1.54, 1.807) is 7.11 Å². The SMILES string of the molecule is CCCCNC(=O)C1CCN(Cc2nc3ccccc3n2Cc2ccc(OC)cc2)CC1. The van der Waals surface area contributed by atoms with Crippen LogP contribution >= 0.6 is 0 Å².